The van der Waals surface area contributed by atoms with Crippen LogP contribution in [0, 0.1) is 10.1 Å². The lowest BCUT2D eigenvalue weighted by Crippen LogP contribution is -2.45. The number of anilines is 1. The Kier molecular flexibility index (Phi) is 4.82. The second-order valence-corrected chi connectivity index (χ2v) is 7.35. The average Bonchev–Trinajstić information content (AvgIpc) is 3.30. The molecule has 1 saturated heterocycles. The largest absolute Gasteiger partial charge is 0.358 e. The molecule has 3 aromatic rings. The number of aromatic nitrogens is 4. The maximum absolute atomic E-state index is 11.0. The summed E-state index contributed by atoms with van der Waals surface area (Å²) in [7, 11) is 1.61. The van der Waals surface area contributed by atoms with Gasteiger partial charge in [0.2, 0.25) is 10.1 Å². The van der Waals surface area contributed by atoms with E-state index in [0.29, 0.717) is 10.8 Å². The molecule has 140 valence electrons. The summed E-state index contributed by atoms with van der Waals surface area (Å²) in [5.41, 5.74) is 1.32. The molecular formula is C17H19N7O2S. The molecule has 1 aliphatic heterocycles. The Morgan fingerprint density at radius 2 is 1.89 bits per heavy atom. The summed E-state index contributed by atoms with van der Waals surface area (Å²) in [4.78, 5) is 19.3. The molecule has 0 bridgehead atoms. The molecule has 0 spiro atoms. The van der Waals surface area contributed by atoms with Gasteiger partial charge in [-0.3, -0.25) is 4.90 Å². The molecule has 0 radical (unpaired) electrons. The van der Waals surface area contributed by atoms with Crippen molar-refractivity contribution in [1.82, 2.24) is 24.6 Å². The third-order valence-electron chi connectivity index (χ3n) is 4.65. The summed E-state index contributed by atoms with van der Waals surface area (Å²) >= 11 is 1.42. The predicted octanol–water partition coefficient (Wildman–Crippen LogP) is 2.17. The minimum absolute atomic E-state index is 0.0590. The second-order valence-electron chi connectivity index (χ2n) is 6.39. The molecule has 1 aromatic carbocycles. The highest BCUT2D eigenvalue weighted by molar-refractivity contribution is 7.18. The number of rotatable bonds is 5. The zero-order chi connectivity index (χ0) is 18.8. The number of hydrogen-bond acceptors (Lipinski definition) is 8. The molecule has 0 saturated carbocycles. The van der Waals surface area contributed by atoms with E-state index in [9.17, 15) is 10.1 Å². The third-order valence-corrected chi connectivity index (χ3v) is 5.63. The van der Waals surface area contributed by atoms with Gasteiger partial charge in [0.05, 0.1) is 7.05 Å². The molecule has 0 amide bonds. The van der Waals surface area contributed by atoms with Crippen molar-refractivity contribution in [3.8, 4) is 10.8 Å². The Morgan fingerprint density at radius 1 is 1.15 bits per heavy atom. The van der Waals surface area contributed by atoms with Gasteiger partial charge in [-0.15, -0.1) is 10.2 Å². The Balaban J connectivity index is 1.41. The molecule has 0 unspecified atom stereocenters. The molecule has 0 N–H and O–H groups in total. The highest BCUT2D eigenvalue weighted by Gasteiger charge is 2.24. The van der Waals surface area contributed by atoms with Gasteiger partial charge in [0.25, 0.3) is 5.82 Å². The highest BCUT2D eigenvalue weighted by atomic mass is 32.1. The van der Waals surface area contributed by atoms with Crippen molar-refractivity contribution < 1.29 is 4.92 Å². The zero-order valence-corrected chi connectivity index (χ0v) is 15.7. The second kappa shape index (κ2) is 7.41. The highest BCUT2D eigenvalue weighted by Crippen LogP contribution is 2.30. The van der Waals surface area contributed by atoms with Gasteiger partial charge < -0.3 is 15.0 Å². The van der Waals surface area contributed by atoms with Crippen molar-refractivity contribution in [2.75, 3.05) is 31.1 Å². The molecule has 27 heavy (non-hydrogen) atoms. The molecular weight excluding hydrogens is 366 g/mol. The lowest BCUT2D eigenvalue weighted by atomic mass is 10.2. The lowest BCUT2D eigenvalue weighted by molar-refractivity contribution is -0.391. The fraction of sp³-hybridized carbons (Fsp3) is 0.353. The third kappa shape index (κ3) is 3.67. The Bertz CT molecular complexity index is 932. The Labute approximate surface area is 160 Å². The normalized spacial score (nSPS) is 15.2. The number of nitrogens with zero attached hydrogens (tertiary/aromatic N) is 7. The predicted molar refractivity (Wildman–Crippen MR) is 103 cm³/mol. The number of nitro groups is 1. The summed E-state index contributed by atoms with van der Waals surface area (Å²) in [6.45, 7) is 4.62. The van der Waals surface area contributed by atoms with Crippen molar-refractivity contribution in [3.63, 3.8) is 0 Å². The van der Waals surface area contributed by atoms with Crippen molar-refractivity contribution >= 4 is 22.3 Å². The first-order valence-corrected chi connectivity index (χ1v) is 9.44. The molecule has 3 heterocycles. The number of piperazine rings is 1. The van der Waals surface area contributed by atoms with E-state index in [2.05, 4.69) is 49.2 Å². The van der Waals surface area contributed by atoms with E-state index in [0.717, 1.165) is 37.9 Å². The summed E-state index contributed by atoms with van der Waals surface area (Å²) in [5.74, 6) is 0.407. The van der Waals surface area contributed by atoms with Gasteiger partial charge in [0.15, 0.2) is 0 Å². The van der Waals surface area contributed by atoms with Crippen LogP contribution in [-0.2, 0) is 13.6 Å². The minimum atomic E-state index is -0.454. The first-order chi connectivity index (χ1) is 13.1. The summed E-state index contributed by atoms with van der Waals surface area (Å²) < 4.78 is 1.43. The van der Waals surface area contributed by atoms with Gasteiger partial charge in [-0.1, -0.05) is 41.7 Å². The maximum Gasteiger partial charge on any atom is 0.342 e. The molecule has 0 aliphatic carbocycles. The first kappa shape index (κ1) is 17.6. The molecule has 1 aliphatic rings. The van der Waals surface area contributed by atoms with E-state index < -0.39 is 4.92 Å². The van der Waals surface area contributed by atoms with E-state index in [1.807, 2.05) is 6.07 Å². The van der Waals surface area contributed by atoms with E-state index in [-0.39, 0.29) is 5.82 Å². The topological polar surface area (TPSA) is 93.2 Å². The van der Waals surface area contributed by atoms with Gasteiger partial charge in [0, 0.05) is 32.7 Å². The van der Waals surface area contributed by atoms with Crippen molar-refractivity contribution in [2.24, 2.45) is 7.05 Å². The van der Waals surface area contributed by atoms with E-state index >= 15 is 0 Å². The van der Waals surface area contributed by atoms with Crippen LogP contribution in [0.1, 0.15) is 5.56 Å². The zero-order valence-electron chi connectivity index (χ0n) is 14.9. The van der Waals surface area contributed by atoms with Crippen molar-refractivity contribution in [2.45, 2.75) is 6.54 Å². The van der Waals surface area contributed by atoms with Gasteiger partial charge in [-0.2, -0.15) is 0 Å². The fourth-order valence-corrected chi connectivity index (χ4v) is 4.07. The van der Waals surface area contributed by atoms with Gasteiger partial charge >= 0.3 is 5.82 Å². The van der Waals surface area contributed by atoms with Gasteiger partial charge in [0.1, 0.15) is 6.20 Å². The van der Waals surface area contributed by atoms with Crippen LogP contribution in [0.3, 0.4) is 0 Å². The quantitative estimate of drug-likeness (QED) is 0.491. The lowest BCUT2D eigenvalue weighted by Gasteiger charge is -2.34. The van der Waals surface area contributed by atoms with Gasteiger partial charge in [-0.25, -0.2) is 9.55 Å². The maximum atomic E-state index is 11.0. The molecule has 2 aromatic heterocycles. The van der Waals surface area contributed by atoms with Crippen LogP contribution in [0.4, 0.5) is 10.9 Å². The van der Waals surface area contributed by atoms with Crippen molar-refractivity contribution in [1.29, 1.82) is 0 Å². The summed E-state index contributed by atoms with van der Waals surface area (Å²) in [5, 5.41) is 20.9. The molecule has 4 rings (SSSR count). The van der Waals surface area contributed by atoms with E-state index in [4.69, 9.17) is 0 Å². The van der Waals surface area contributed by atoms with E-state index in [1.165, 1.54) is 27.7 Å². The standard InChI is InChI=1S/C17H19N7O2S/c1-21-14(24(25)26)11-18-15(21)16-19-20-17(27-16)23-9-7-22(8-10-23)12-13-5-3-2-4-6-13/h2-6,11H,7-10,12H2,1H3. The smallest absolute Gasteiger partial charge is 0.342 e. The van der Waals surface area contributed by atoms with Crippen LogP contribution in [-0.4, -0.2) is 55.8 Å². The van der Waals surface area contributed by atoms with Crippen LogP contribution in [0.5, 0.6) is 0 Å². The van der Waals surface area contributed by atoms with Crippen LogP contribution in [0.15, 0.2) is 36.5 Å². The molecule has 9 nitrogen and oxygen atoms in total. The van der Waals surface area contributed by atoms with Crippen molar-refractivity contribution in [3.05, 3.63) is 52.2 Å². The van der Waals surface area contributed by atoms with Gasteiger partial charge in [-0.05, 0) is 10.5 Å². The first-order valence-electron chi connectivity index (χ1n) is 8.63. The summed E-state index contributed by atoms with van der Waals surface area (Å²) in [6.07, 6.45) is 1.25. The Morgan fingerprint density at radius 3 is 2.56 bits per heavy atom. The van der Waals surface area contributed by atoms with Crippen LogP contribution in [0.2, 0.25) is 0 Å². The minimum Gasteiger partial charge on any atom is -0.358 e. The molecule has 1 fully saturated rings. The monoisotopic (exact) mass is 385 g/mol. The average molecular weight is 385 g/mol. The number of benzene rings is 1. The fourth-order valence-electron chi connectivity index (χ4n) is 3.14. The number of imidazole rings is 1. The van der Waals surface area contributed by atoms with E-state index in [1.54, 1.807) is 7.05 Å². The SMILES string of the molecule is Cn1c([N+](=O)[O-])cnc1-c1nnc(N2CCN(Cc3ccccc3)CC2)s1. The van der Waals surface area contributed by atoms with Crippen LogP contribution in [0.25, 0.3) is 10.8 Å². The molecule has 10 heteroatoms. The molecule has 0 atom stereocenters. The van der Waals surface area contributed by atoms with Crippen LogP contribution < -0.4 is 4.90 Å². The number of hydrogen-bond donors (Lipinski definition) is 0. The summed E-state index contributed by atoms with van der Waals surface area (Å²) in [6, 6.07) is 10.5. The van der Waals surface area contributed by atoms with Crippen LogP contribution >= 0.6 is 11.3 Å². The Hall–Kier alpha value is -2.85.